The van der Waals surface area contributed by atoms with Crippen LogP contribution in [0.25, 0.3) is 11.3 Å². The zero-order valence-corrected chi connectivity index (χ0v) is 11.0. The van der Waals surface area contributed by atoms with Gasteiger partial charge in [-0.05, 0) is 18.9 Å². The second kappa shape index (κ2) is 5.08. The molecule has 1 aliphatic heterocycles. The van der Waals surface area contributed by atoms with Gasteiger partial charge in [-0.1, -0.05) is 18.2 Å². The summed E-state index contributed by atoms with van der Waals surface area (Å²) in [4.78, 5) is 4.72. The number of thiazole rings is 1. The Hall–Kier alpha value is -1.39. The van der Waals surface area contributed by atoms with E-state index in [4.69, 9.17) is 15.5 Å². The highest BCUT2D eigenvalue weighted by molar-refractivity contribution is 7.10. The summed E-state index contributed by atoms with van der Waals surface area (Å²) in [5, 5.41) is 3.27. The Kier molecular flexibility index (Phi) is 3.30. The van der Waals surface area contributed by atoms with Gasteiger partial charge < -0.3 is 10.5 Å². The van der Waals surface area contributed by atoms with E-state index in [0.717, 1.165) is 36.6 Å². The van der Waals surface area contributed by atoms with Crippen molar-refractivity contribution in [2.45, 2.75) is 18.8 Å². The van der Waals surface area contributed by atoms with Crippen LogP contribution in [0.3, 0.4) is 0 Å². The van der Waals surface area contributed by atoms with E-state index in [0.29, 0.717) is 5.92 Å². The van der Waals surface area contributed by atoms with Crippen molar-refractivity contribution in [1.82, 2.24) is 4.98 Å². The van der Waals surface area contributed by atoms with Crippen LogP contribution in [0.15, 0.2) is 29.6 Å². The van der Waals surface area contributed by atoms with Crippen LogP contribution < -0.4 is 5.73 Å². The molecule has 0 bridgehead atoms. The van der Waals surface area contributed by atoms with Gasteiger partial charge >= 0.3 is 0 Å². The lowest BCUT2D eigenvalue weighted by atomic mass is 10.0. The number of nitrogens with zero attached hydrogens (tertiary/aromatic N) is 1. The number of benzene rings is 1. The summed E-state index contributed by atoms with van der Waals surface area (Å²) in [6, 6.07) is 7.87. The first kappa shape index (κ1) is 11.7. The SMILES string of the molecule is Nc1ccccc1-c1csc(C2CCCOC2)n1. The van der Waals surface area contributed by atoms with E-state index in [1.165, 1.54) is 11.4 Å². The molecule has 1 aliphatic rings. The normalized spacial score (nSPS) is 19.9. The van der Waals surface area contributed by atoms with Gasteiger partial charge in [0.2, 0.25) is 0 Å². The van der Waals surface area contributed by atoms with Crippen molar-refractivity contribution < 1.29 is 4.74 Å². The van der Waals surface area contributed by atoms with Crippen LogP contribution >= 0.6 is 11.3 Å². The molecule has 2 heterocycles. The standard InChI is InChI=1S/C14H16N2OS/c15-12-6-2-1-5-11(12)13-9-18-14(16-13)10-4-3-7-17-8-10/h1-2,5-6,9-10H,3-4,7-8,15H2. The summed E-state index contributed by atoms with van der Waals surface area (Å²) in [5.41, 5.74) is 8.78. The van der Waals surface area contributed by atoms with Gasteiger partial charge in [-0.15, -0.1) is 11.3 Å². The lowest BCUT2D eigenvalue weighted by Crippen LogP contribution is -2.15. The quantitative estimate of drug-likeness (QED) is 0.843. The topological polar surface area (TPSA) is 48.1 Å². The zero-order chi connectivity index (χ0) is 12.4. The Balaban J connectivity index is 1.87. The first-order valence-corrected chi connectivity index (χ1v) is 7.10. The van der Waals surface area contributed by atoms with Gasteiger partial charge in [0.1, 0.15) is 0 Å². The minimum Gasteiger partial charge on any atom is -0.398 e. The van der Waals surface area contributed by atoms with E-state index >= 15 is 0 Å². The fourth-order valence-corrected chi connectivity index (χ4v) is 3.21. The minimum absolute atomic E-state index is 0.461. The van der Waals surface area contributed by atoms with Crippen molar-refractivity contribution in [3.8, 4) is 11.3 Å². The molecule has 3 nitrogen and oxygen atoms in total. The maximum absolute atomic E-state index is 5.98. The van der Waals surface area contributed by atoms with Crippen LogP contribution in [0.2, 0.25) is 0 Å². The van der Waals surface area contributed by atoms with Crippen LogP contribution in [-0.4, -0.2) is 18.2 Å². The summed E-state index contributed by atoms with van der Waals surface area (Å²) in [6.07, 6.45) is 2.31. The number of hydrogen-bond donors (Lipinski definition) is 1. The van der Waals surface area contributed by atoms with Crippen molar-refractivity contribution >= 4 is 17.0 Å². The van der Waals surface area contributed by atoms with E-state index in [9.17, 15) is 0 Å². The number of nitrogens with two attached hydrogens (primary N) is 1. The lowest BCUT2D eigenvalue weighted by Gasteiger charge is -2.19. The largest absolute Gasteiger partial charge is 0.398 e. The zero-order valence-electron chi connectivity index (χ0n) is 10.1. The van der Waals surface area contributed by atoms with E-state index < -0.39 is 0 Å². The second-order valence-electron chi connectivity index (χ2n) is 4.57. The molecule has 18 heavy (non-hydrogen) atoms. The molecule has 0 amide bonds. The van der Waals surface area contributed by atoms with Crippen molar-refractivity contribution in [2.24, 2.45) is 0 Å². The average Bonchev–Trinajstić information content (AvgIpc) is 2.90. The van der Waals surface area contributed by atoms with E-state index in [1.807, 2.05) is 24.3 Å². The summed E-state index contributed by atoms with van der Waals surface area (Å²) >= 11 is 1.71. The summed E-state index contributed by atoms with van der Waals surface area (Å²) in [7, 11) is 0. The molecule has 0 saturated carbocycles. The third kappa shape index (κ3) is 2.26. The molecular formula is C14H16N2OS. The molecule has 94 valence electrons. The van der Waals surface area contributed by atoms with Crippen LogP contribution in [0, 0.1) is 0 Å². The molecule has 0 radical (unpaired) electrons. The predicted molar refractivity (Wildman–Crippen MR) is 74.8 cm³/mol. The second-order valence-corrected chi connectivity index (χ2v) is 5.46. The molecule has 1 aromatic carbocycles. The van der Waals surface area contributed by atoms with E-state index in [1.54, 1.807) is 11.3 Å². The van der Waals surface area contributed by atoms with Gasteiger partial charge in [0.05, 0.1) is 17.3 Å². The minimum atomic E-state index is 0.461. The third-order valence-corrected chi connectivity index (χ3v) is 4.28. The van der Waals surface area contributed by atoms with Gasteiger partial charge in [-0.3, -0.25) is 0 Å². The molecule has 4 heteroatoms. The number of ether oxygens (including phenoxy) is 1. The van der Waals surface area contributed by atoms with Gasteiger partial charge in [-0.25, -0.2) is 4.98 Å². The van der Waals surface area contributed by atoms with Crippen molar-refractivity contribution in [2.75, 3.05) is 18.9 Å². The fraction of sp³-hybridized carbons (Fsp3) is 0.357. The van der Waals surface area contributed by atoms with Crippen molar-refractivity contribution in [1.29, 1.82) is 0 Å². The molecule has 1 aromatic heterocycles. The van der Waals surface area contributed by atoms with Gasteiger partial charge in [-0.2, -0.15) is 0 Å². The average molecular weight is 260 g/mol. The first-order chi connectivity index (χ1) is 8.84. The monoisotopic (exact) mass is 260 g/mol. The van der Waals surface area contributed by atoms with Crippen molar-refractivity contribution in [3.05, 3.63) is 34.7 Å². The van der Waals surface area contributed by atoms with Crippen LogP contribution in [0.5, 0.6) is 0 Å². The molecule has 0 aliphatic carbocycles. The van der Waals surface area contributed by atoms with Gasteiger partial charge in [0.15, 0.2) is 0 Å². The maximum Gasteiger partial charge on any atom is 0.0986 e. The van der Waals surface area contributed by atoms with E-state index in [-0.39, 0.29) is 0 Å². The summed E-state index contributed by atoms with van der Waals surface area (Å²) < 4.78 is 5.52. The van der Waals surface area contributed by atoms with Gasteiger partial charge in [0, 0.05) is 29.2 Å². The fourth-order valence-electron chi connectivity index (χ4n) is 2.26. The number of nitrogen functional groups attached to an aromatic ring is 1. The maximum atomic E-state index is 5.98. The Labute approximate surface area is 111 Å². The first-order valence-electron chi connectivity index (χ1n) is 6.22. The highest BCUT2D eigenvalue weighted by Gasteiger charge is 2.19. The summed E-state index contributed by atoms with van der Waals surface area (Å²) in [5.74, 6) is 0.461. The Morgan fingerprint density at radius 1 is 1.33 bits per heavy atom. The molecule has 1 unspecified atom stereocenters. The van der Waals surface area contributed by atoms with Gasteiger partial charge in [0.25, 0.3) is 0 Å². The highest BCUT2D eigenvalue weighted by Crippen LogP contribution is 2.32. The molecule has 3 rings (SSSR count). The molecule has 1 atom stereocenters. The Morgan fingerprint density at radius 3 is 3.00 bits per heavy atom. The predicted octanol–water partition coefficient (Wildman–Crippen LogP) is 3.29. The molecule has 2 N–H and O–H groups in total. The number of para-hydroxylation sites is 1. The third-order valence-electron chi connectivity index (χ3n) is 3.27. The Morgan fingerprint density at radius 2 is 2.22 bits per heavy atom. The van der Waals surface area contributed by atoms with Crippen LogP contribution in [0.4, 0.5) is 5.69 Å². The van der Waals surface area contributed by atoms with E-state index in [2.05, 4.69) is 5.38 Å². The molecule has 1 fully saturated rings. The molecule has 2 aromatic rings. The number of hydrogen-bond acceptors (Lipinski definition) is 4. The summed E-state index contributed by atoms with van der Waals surface area (Å²) in [6.45, 7) is 1.69. The lowest BCUT2D eigenvalue weighted by molar-refractivity contribution is 0.0804. The molecule has 1 saturated heterocycles. The van der Waals surface area contributed by atoms with Crippen LogP contribution in [0.1, 0.15) is 23.8 Å². The number of aromatic nitrogens is 1. The number of rotatable bonds is 2. The molecule has 0 spiro atoms. The smallest absolute Gasteiger partial charge is 0.0986 e. The van der Waals surface area contributed by atoms with Crippen molar-refractivity contribution in [3.63, 3.8) is 0 Å². The Bertz CT molecular complexity index is 532. The van der Waals surface area contributed by atoms with Crippen LogP contribution in [-0.2, 0) is 4.74 Å². The molecular weight excluding hydrogens is 244 g/mol. The number of anilines is 1. The highest BCUT2D eigenvalue weighted by atomic mass is 32.1.